The zero-order chi connectivity index (χ0) is 17.7. The summed E-state index contributed by atoms with van der Waals surface area (Å²) in [5.74, 6) is -0.724. The van der Waals surface area contributed by atoms with Gasteiger partial charge in [0.2, 0.25) is 0 Å². The number of aromatic amines is 1. The van der Waals surface area contributed by atoms with Gasteiger partial charge in [-0.1, -0.05) is 0 Å². The molecule has 0 saturated heterocycles. The molecule has 0 radical (unpaired) electrons. The predicted octanol–water partition coefficient (Wildman–Crippen LogP) is 2.65. The summed E-state index contributed by atoms with van der Waals surface area (Å²) in [5.41, 5.74) is 1.52. The smallest absolute Gasteiger partial charge is 0.326 e. The van der Waals surface area contributed by atoms with Crippen molar-refractivity contribution in [2.45, 2.75) is 19.0 Å². The highest BCUT2D eigenvalue weighted by Crippen LogP contribution is 2.17. The standard InChI is InChI=1S/C16H20FN3O3S/c1-20(16(23)19-14(15(21)22)5-6-24-2)9-12-8-10-7-11(17)3-4-13(10)18-12/h3-4,7-8,14,18H,5-6,9H2,1-2H3,(H,19,23)(H,21,22)/t14-/m0/s1. The number of H-pyrrole nitrogens is 1. The molecule has 3 N–H and O–H groups in total. The van der Waals surface area contributed by atoms with Gasteiger partial charge in [0.1, 0.15) is 11.9 Å². The van der Waals surface area contributed by atoms with Gasteiger partial charge in [-0.3, -0.25) is 0 Å². The van der Waals surface area contributed by atoms with E-state index in [0.717, 1.165) is 16.6 Å². The molecule has 0 aliphatic rings. The molecular weight excluding hydrogens is 333 g/mol. The van der Waals surface area contributed by atoms with Crippen molar-refractivity contribution in [1.29, 1.82) is 0 Å². The lowest BCUT2D eigenvalue weighted by atomic mass is 10.2. The number of hydrogen-bond acceptors (Lipinski definition) is 3. The van der Waals surface area contributed by atoms with Crippen LogP contribution in [0.25, 0.3) is 10.9 Å². The third-order valence-corrected chi connectivity index (χ3v) is 4.24. The third kappa shape index (κ3) is 4.64. The first-order valence-electron chi connectivity index (χ1n) is 7.41. The Labute approximate surface area is 143 Å². The quantitative estimate of drug-likeness (QED) is 0.714. The van der Waals surface area contributed by atoms with Crippen LogP contribution in [0, 0.1) is 5.82 Å². The van der Waals surface area contributed by atoms with Gasteiger partial charge in [0.25, 0.3) is 0 Å². The minimum absolute atomic E-state index is 0.261. The lowest BCUT2D eigenvalue weighted by molar-refractivity contribution is -0.139. The van der Waals surface area contributed by atoms with Gasteiger partial charge in [-0.05, 0) is 42.7 Å². The van der Waals surface area contributed by atoms with Crippen LogP contribution in [0.1, 0.15) is 12.1 Å². The topological polar surface area (TPSA) is 85.4 Å². The number of rotatable bonds is 7. The molecule has 0 aliphatic heterocycles. The van der Waals surface area contributed by atoms with Crippen molar-refractivity contribution in [3.63, 3.8) is 0 Å². The Morgan fingerprint density at radius 2 is 2.17 bits per heavy atom. The van der Waals surface area contributed by atoms with E-state index in [1.807, 2.05) is 6.26 Å². The molecule has 1 atom stereocenters. The van der Waals surface area contributed by atoms with Crippen LogP contribution >= 0.6 is 11.8 Å². The van der Waals surface area contributed by atoms with Gasteiger partial charge in [0, 0.05) is 23.6 Å². The molecule has 130 valence electrons. The van der Waals surface area contributed by atoms with Crippen LogP contribution in [0.2, 0.25) is 0 Å². The summed E-state index contributed by atoms with van der Waals surface area (Å²) >= 11 is 1.53. The lowest BCUT2D eigenvalue weighted by Crippen LogP contribution is -2.46. The van der Waals surface area contributed by atoms with Crippen molar-refractivity contribution >= 4 is 34.7 Å². The number of amides is 2. The molecule has 0 spiro atoms. The number of carbonyl (C=O) groups excluding carboxylic acids is 1. The van der Waals surface area contributed by atoms with Gasteiger partial charge >= 0.3 is 12.0 Å². The molecular formula is C16H20FN3O3S. The first kappa shape index (κ1) is 18.1. The largest absolute Gasteiger partial charge is 0.480 e. The van der Waals surface area contributed by atoms with E-state index < -0.39 is 18.0 Å². The average Bonchev–Trinajstić information content (AvgIpc) is 2.91. The molecule has 1 aromatic carbocycles. The van der Waals surface area contributed by atoms with Crippen LogP contribution in [-0.4, -0.2) is 52.1 Å². The normalized spacial score (nSPS) is 12.1. The van der Waals surface area contributed by atoms with Crippen molar-refractivity contribution in [3.8, 4) is 0 Å². The van der Waals surface area contributed by atoms with Gasteiger partial charge in [-0.25, -0.2) is 14.0 Å². The van der Waals surface area contributed by atoms with E-state index in [-0.39, 0.29) is 12.4 Å². The molecule has 6 nitrogen and oxygen atoms in total. The lowest BCUT2D eigenvalue weighted by Gasteiger charge is -2.20. The second kappa shape index (κ2) is 8.05. The highest BCUT2D eigenvalue weighted by atomic mass is 32.2. The van der Waals surface area contributed by atoms with E-state index in [2.05, 4.69) is 10.3 Å². The third-order valence-electron chi connectivity index (χ3n) is 3.60. The Morgan fingerprint density at radius 3 is 2.83 bits per heavy atom. The highest BCUT2D eigenvalue weighted by molar-refractivity contribution is 7.98. The van der Waals surface area contributed by atoms with Crippen LogP contribution in [0.5, 0.6) is 0 Å². The predicted molar refractivity (Wildman–Crippen MR) is 92.7 cm³/mol. The van der Waals surface area contributed by atoms with Crippen LogP contribution in [0.3, 0.4) is 0 Å². The fourth-order valence-corrected chi connectivity index (χ4v) is 2.80. The van der Waals surface area contributed by atoms with E-state index in [0.29, 0.717) is 12.2 Å². The molecule has 1 heterocycles. The van der Waals surface area contributed by atoms with Crippen LogP contribution < -0.4 is 5.32 Å². The average molecular weight is 353 g/mol. The number of hydrogen-bond donors (Lipinski definition) is 3. The van der Waals surface area contributed by atoms with Gasteiger partial charge in [0.15, 0.2) is 0 Å². The summed E-state index contributed by atoms with van der Waals surface area (Å²) < 4.78 is 13.2. The maximum atomic E-state index is 13.2. The van der Waals surface area contributed by atoms with Crippen molar-refractivity contribution in [3.05, 3.63) is 35.8 Å². The van der Waals surface area contributed by atoms with Gasteiger partial charge < -0.3 is 20.3 Å². The number of benzene rings is 1. The minimum Gasteiger partial charge on any atom is -0.480 e. The van der Waals surface area contributed by atoms with Crippen molar-refractivity contribution in [1.82, 2.24) is 15.2 Å². The zero-order valence-electron chi connectivity index (χ0n) is 13.5. The SMILES string of the molecule is CSCC[C@H](NC(=O)N(C)Cc1cc2cc(F)ccc2[nH]1)C(=O)O. The molecule has 0 saturated carbocycles. The van der Waals surface area contributed by atoms with Gasteiger partial charge in [0.05, 0.1) is 6.54 Å². The molecule has 1 aromatic heterocycles. The van der Waals surface area contributed by atoms with Crippen molar-refractivity contribution in [2.24, 2.45) is 0 Å². The number of fused-ring (bicyclic) bond motifs is 1. The molecule has 0 fully saturated rings. The Kier molecular flexibility index (Phi) is 6.08. The second-order valence-electron chi connectivity index (χ2n) is 5.50. The first-order valence-corrected chi connectivity index (χ1v) is 8.80. The number of carboxylic acids is 1. The van der Waals surface area contributed by atoms with E-state index >= 15 is 0 Å². The minimum atomic E-state index is -1.05. The summed E-state index contributed by atoms with van der Waals surface area (Å²) in [5, 5.41) is 12.4. The number of aromatic nitrogens is 1. The van der Waals surface area contributed by atoms with Crippen LogP contribution in [-0.2, 0) is 11.3 Å². The van der Waals surface area contributed by atoms with E-state index in [1.54, 1.807) is 19.2 Å². The summed E-state index contributed by atoms with van der Waals surface area (Å²) in [6.45, 7) is 0.261. The molecule has 0 unspecified atom stereocenters. The van der Waals surface area contributed by atoms with Crippen LogP contribution in [0.15, 0.2) is 24.3 Å². The summed E-state index contributed by atoms with van der Waals surface area (Å²) in [7, 11) is 1.58. The molecule has 0 bridgehead atoms. The number of carboxylic acid groups (broad SMARTS) is 1. The Morgan fingerprint density at radius 1 is 1.42 bits per heavy atom. The highest BCUT2D eigenvalue weighted by Gasteiger charge is 2.21. The van der Waals surface area contributed by atoms with Gasteiger partial charge in [-0.15, -0.1) is 0 Å². The fraction of sp³-hybridized carbons (Fsp3) is 0.375. The number of halogens is 1. The maximum Gasteiger partial charge on any atom is 0.326 e. The number of nitrogens with one attached hydrogen (secondary N) is 2. The van der Waals surface area contributed by atoms with E-state index in [9.17, 15) is 14.0 Å². The van der Waals surface area contributed by atoms with E-state index in [1.165, 1.54) is 28.8 Å². The number of carbonyl (C=O) groups is 2. The molecule has 8 heteroatoms. The maximum absolute atomic E-state index is 13.2. The molecule has 2 aromatic rings. The molecule has 2 amide bonds. The van der Waals surface area contributed by atoms with Crippen molar-refractivity contribution < 1.29 is 19.1 Å². The monoisotopic (exact) mass is 353 g/mol. The first-order chi connectivity index (χ1) is 11.4. The number of urea groups is 1. The van der Waals surface area contributed by atoms with Crippen molar-refractivity contribution in [2.75, 3.05) is 19.1 Å². The Hall–Kier alpha value is -2.22. The Bertz CT molecular complexity index is 734. The summed E-state index contributed by atoms with van der Waals surface area (Å²) in [6, 6.07) is 4.81. The summed E-state index contributed by atoms with van der Waals surface area (Å²) in [4.78, 5) is 27.8. The van der Waals surface area contributed by atoms with Crippen LogP contribution in [0.4, 0.5) is 9.18 Å². The molecule has 2 rings (SSSR count). The molecule has 24 heavy (non-hydrogen) atoms. The van der Waals surface area contributed by atoms with Gasteiger partial charge in [-0.2, -0.15) is 11.8 Å². The Balaban J connectivity index is 2.00. The number of thioether (sulfide) groups is 1. The molecule has 0 aliphatic carbocycles. The summed E-state index contributed by atoms with van der Waals surface area (Å²) in [6.07, 6.45) is 2.24. The zero-order valence-corrected chi connectivity index (χ0v) is 14.3. The number of aliphatic carboxylic acids is 1. The number of nitrogens with zero attached hydrogens (tertiary/aromatic N) is 1. The fourth-order valence-electron chi connectivity index (χ4n) is 2.33. The second-order valence-corrected chi connectivity index (χ2v) is 6.49. The van der Waals surface area contributed by atoms with E-state index in [4.69, 9.17) is 5.11 Å².